The molecular formula is C14H22ClNO. The highest BCUT2D eigenvalue weighted by molar-refractivity contribution is 6.30. The fraction of sp³-hybridized carbons (Fsp3) is 0.571. The fourth-order valence-electron chi connectivity index (χ4n) is 2.07. The van der Waals surface area contributed by atoms with Gasteiger partial charge in [0.1, 0.15) is 5.75 Å². The van der Waals surface area contributed by atoms with Crippen LogP contribution in [-0.4, -0.2) is 13.2 Å². The number of nitrogens with two attached hydrogens (primary N) is 1. The normalized spacial score (nSPS) is 12.5. The summed E-state index contributed by atoms with van der Waals surface area (Å²) in [6.45, 7) is 5.61. The zero-order valence-electron chi connectivity index (χ0n) is 10.7. The molecule has 0 saturated heterocycles. The monoisotopic (exact) mass is 255 g/mol. The second-order valence-corrected chi connectivity index (χ2v) is 4.59. The van der Waals surface area contributed by atoms with Crippen molar-refractivity contribution >= 4 is 11.6 Å². The molecule has 1 aromatic carbocycles. The van der Waals surface area contributed by atoms with Crippen molar-refractivity contribution in [3.05, 3.63) is 28.8 Å². The van der Waals surface area contributed by atoms with Gasteiger partial charge in [0.25, 0.3) is 0 Å². The van der Waals surface area contributed by atoms with Crippen molar-refractivity contribution < 1.29 is 4.74 Å². The second-order valence-electron chi connectivity index (χ2n) is 4.15. The number of hydrogen-bond donors (Lipinski definition) is 1. The zero-order chi connectivity index (χ0) is 12.7. The summed E-state index contributed by atoms with van der Waals surface area (Å²) in [5.41, 5.74) is 6.80. The third-order valence-corrected chi connectivity index (χ3v) is 3.20. The highest BCUT2D eigenvalue weighted by Gasteiger charge is 2.14. The van der Waals surface area contributed by atoms with Gasteiger partial charge in [0, 0.05) is 5.02 Å². The average molecular weight is 256 g/mol. The van der Waals surface area contributed by atoms with E-state index in [1.807, 2.05) is 25.1 Å². The molecule has 1 atom stereocenters. The minimum Gasteiger partial charge on any atom is -0.494 e. The van der Waals surface area contributed by atoms with Crippen LogP contribution < -0.4 is 10.5 Å². The van der Waals surface area contributed by atoms with Crippen molar-refractivity contribution in [2.24, 2.45) is 5.73 Å². The Hall–Kier alpha value is -0.730. The summed E-state index contributed by atoms with van der Waals surface area (Å²) in [4.78, 5) is 0. The minimum absolute atomic E-state index is 0.485. The van der Waals surface area contributed by atoms with E-state index in [2.05, 4.69) is 6.92 Å². The fourth-order valence-corrected chi connectivity index (χ4v) is 2.25. The predicted octanol–water partition coefficient (Wildman–Crippen LogP) is 3.97. The third-order valence-electron chi connectivity index (χ3n) is 2.96. The van der Waals surface area contributed by atoms with Gasteiger partial charge in [0.15, 0.2) is 0 Å². The first kappa shape index (κ1) is 14.3. The predicted molar refractivity (Wildman–Crippen MR) is 73.9 cm³/mol. The maximum absolute atomic E-state index is 6.07. The van der Waals surface area contributed by atoms with Crippen molar-refractivity contribution in [3.8, 4) is 5.75 Å². The van der Waals surface area contributed by atoms with Crippen LogP contribution in [0.2, 0.25) is 5.02 Å². The van der Waals surface area contributed by atoms with Gasteiger partial charge in [0.05, 0.1) is 6.61 Å². The first-order valence-electron chi connectivity index (χ1n) is 6.35. The molecule has 0 fully saturated rings. The Balaban J connectivity index is 2.93. The molecule has 0 saturated carbocycles. The van der Waals surface area contributed by atoms with E-state index < -0.39 is 0 Å². The van der Waals surface area contributed by atoms with E-state index in [0.717, 1.165) is 36.6 Å². The molecule has 0 aliphatic carbocycles. The second kappa shape index (κ2) is 7.57. The van der Waals surface area contributed by atoms with Crippen LogP contribution in [0, 0.1) is 0 Å². The summed E-state index contributed by atoms with van der Waals surface area (Å²) in [5.74, 6) is 1.44. The molecule has 0 spiro atoms. The molecule has 0 amide bonds. The van der Waals surface area contributed by atoms with Gasteiger partial charge in [-0.2, -0.15) is 0 Å². The Kier molecular flexibility index (Phi) is 6.38. The lowest BCUT2D eigenvalue weighted by Gasteiger charge is -2.19. The third kappa shape index (κ3) is 4.21. The van der Waals surface area contributed by atoms with Gasteiger partial charge in [0.2, 0.25) is 0 Å². The van der Waals surface area contributed by atoms with Crippen LogP contribution in [0.1, 0.15) is 44.6 Å². The highest BCUT2D eigenvalue weighted by Crippen LogP contribution is 2.34. The van der Waals surface area contributed by atoms with E-state index in [1.165, 1.54) is 5.56 Å². The van der Waals surface area contributed by atoms with Gasteiger partial charge in [-0.15, -0.1) is 0 Å². The van der Waals surface area contributed by atoms with E-state index in [-0.39, 0.29) is 0 Å². The molecule has 0 aliphatic heterocycles. The quantitative estimate of drug-likeness (QED) is 0.800. The standard InChI is InChI=1S/C14H22ClNO/c1-3-11(6-5-9-16)13-10-12(15)7-8-14(13)17-4-2/h7-8,10-11H,3-6,9,16H2,1-2H3. The van der Waals surface area contributed by atoms with Gasteiger partial charge >= 0.3 is 0 Å². The smallest absolute Gasteiger partial charge is 0.122 e. The molecule has 0 aliphatic rings. The number of rotatable bonds is 7. The number of hydrogen-bond acceptors (Lipinski definition) is 2. The largest absolute Gasteiger partial charge is 0.494 e. The average Bonchev–Trinajstić information content (AvgIpc) is 2.33. The molecule has 0 heterocycles. The van der Waals surface area contributed by atoms with E-state index >= 15 is 0 Å². The molecule has 17 heavy (non-hydrogen) atoms. The molecule has 1 aromatic rings. The van der Waals surface area contributed by atoms with Crippen LogP contribution in [0.4, 0.5) is 0 Å². The van der Waals surface area contributed by atoms with E-state index in [0.29, 0.717) is 12.5 Å². The topological polar surface area (TPSA) is 35.2 Å². The van der Waals surface area contributed by atoms with Crippen molar-refractivity contribution in [1.29, 1.82) is 0 Å². The maximum Gasteiger partial charge on any atom is 0.122 e. The molecule has 96 valence electrons. The Labute approximate surface area is 109 Å². The van der Waals surface area contributed by atoms with Gasteiger partial charge in [-0.05, 0) is 62.4 Å². The van der Waals surface area contributed by atoms with Crippen molar-refractivity contribution in [2.45, 2.75) is 39.0 Å². The highest BCUT2D eigenvalue weighted by atomic mass is 35.5. The van der Waals surface area contributed by atoms with Crippen LogP contribution in [0.3, 0.4) is 0 Å². The van der Waals surface area contributed by atoms with E-state index in [1.54, 1.807) is 0 Å². The molecule has 2 N–H and O–H groups in total. The maximum atomic E-state index is 6.07. The Bertz CT molecular complexity index is 341. The summed E-state index contributed by atoms with van der Waals surface area (Å²) in [5, 5.41) is 0.773. The lowest BCUT2D eigenvalue weighted by Crippen LogP contribution is -2.06. The first-order valence-corrected chi connectivity index (χ1v) is 6.73. The van der Waals surface area contributed by atoms with Crippen LogP contribution in [0.15, 0.2) is 18.2 Å². The molecule has 0 aromatic heterocycles. The summed E-state index contributed by atoms with van der Waals surface area (Å²) in [6.07, 6.45) is 3.21. The van der Waals surface area contributed by atoms with Crippen LogP contribution >= 0.6 is 11.6 Å². The van der Waals surface area contributed by atoms with Crippen molar-refractivity contribution in [3.63, 3.8) is 0 Å². The SMILES string of the molecule is CCOc1ccc(Cl)cc1C(CC)CCCN. The lowest BCUT2D eigenvalue weighted by molar-refractivity contribution is 0.332. The molecule has 3 heteroatoms. The Morgan fingerprint density at radius 1 is 1.35 bits per heavy atom. The van der Waals surface area contributed by atoms with E-state index in [9.17, 15) is 0 Å². The zero-order valence-corrected chi connectivity index (χ0v) is 11.5. The number of benzene rings is 1. The van der Waals surface area contributed by atoms with Crippen LogP contribution in [0.25, 0.3) is 0 Å². The van der Waals surface area contributed by atoms with Gasteiger partial charge in [-0.3, -0.25) is 0 Å². The Morgan fingerprint density at radius 3 is 2.71 bits per heavy atom. The summed E-state index contributed by atoms with van der Waals surface area (Å²) < 4.78 is 5.66. The molecular weight excluding hydrogens is 234 g/mol. The van der Waals surface area contributed by atoms with Crippen LogP contribution in [-0.2, 0) is 0 Å². The summed E-state index contributed by atoms with van der Waals surface area (Å²) in [7, 11) is 0. The van der Waals surface area contributed by atoms with Crippen molar-refractivity contribution in [2.75, 3.05) is 13.2 Å². The first-order chi connectivity index (χ1) is 8.22. The number of ether oxygens (including phenoxy) is 1. The molecule has 1 unspecified atom stereocenters. The molecule has 2 nitrogen and oxygen atoms in total. The molecule has 0 bridgehead atoms. The van der Waals surface area contributed by atoms with Crippen molar-refractivity contribution in [1.82, 2.24) is 0 Å². The van der Waals surface area contributed by atoms with Gasteiger partial charge in [-0.25, -0.2) is 0 Å². The summed E-state index contributed by atoms with van der Waals surface area (Å²) >= 11 is 6.07. The molecule has 1 rings (SSSR count). The Morgan fingerprint density at radius 2 is 2.12 bits per heavy atom. The van der Waals surface area contributed by atoms with Gasteiger partial charge in [-0.1, -0.05) is 18.5 Å². The lowest BCUT2D eigenvalue weighted by atomic mass is 9.91. The van der Waals surface area contributed by atoms with Gasteiger partial charge < -0.3 is 10.5 Å². The van der Waals surface area contributed by atoms with Crippen LogP contribution in [0.5, 0.6) is 5.75 Å². The summed E-state index contributed by atoms with van der Waals surface area (Å²) in [6, 6.07) is 5.87. The van der Waals surface area contributed by atoms with E-state index in [4.69, 9.17) is 22.1 Å². The number of halogens is 1. The minimum atomic E-state index is 0.485. The molecule has 0 radical (unpaired) electrons.